The van der Waals surface area contributed by atoms with Crippen LogP contribution >= 0.6 is 0 Å². The third kappa shape index (κ3) is 2.94. The van der Waals surface area contributed by atoms with Gasteiger partial charge in [-0.25, -0.2) is 4.98 Å². The molecule has 0 bridgehead atoms. The van der Waals surface area contributed by atoms with E-state index < -0.39 is 4.92 Å². The maximum atomic E-state index is 10.9. The summed E-state index contributed by atoms with van der Waals surface area (Å²) in [6.45, 7) is 0. The van der Waals surface area contributed by atoms with Gasteiger partial charge in [0.25, 0.3) is 5.69 Å². The molecular formula is C15H16N4O2. The molecule has 0 amide bonds. The summed E-state index contributed by atoms with van der Waals surface area (Å²) < 4.78 is 0. The molecule has 3 rings (SSSR count). The van der Waals surface area contributed by atoms with E-state index in [2.05, 4.69) is 27.8 Å². The number of aromatic nitrogens is 1. The molecule has 6 heteroatoms. The second kappa shape index (κ2) is 5.40. The number of pyridine rings is 1. The molecule has 0 aliphatic heterocycles. The second-order valence-corrected chi connectivity index (χ2v) is 5.11. The average Bonchev–Trinajstić information content (AvgIpc) is 3.27. The van der Waals surface area contributed by atoms with Crippen molar-refractivity contribution in [3.05, 3.63) is 58.1 Å². The Kier molecular flexibility index (Phi) is 3.43. The maximum absolute atomic E-state index is 10.9. The lowest BCUT2D eigenvalue weighted by molar-refractivity contribution is -0.384. The van der Waals surface area contributed by atoms with Crippen molar-refractivity contribution < 1.29 is 4.92 Å². The van der Waals surface area contributed by atoms with Gasteiger partial charge in [-0.15, -0.1) is 0 Å². The average molecular weight is 284 g/mol. The first-order valence-corrected chi connectivity index (χ1v) is 6.83. The van der Waals surface area contributed by atoms with Crippen molar-refractivity contribution >= 4 is 17.3 Å². The summed E-state index contributed by atoms with van der Waals surface area (Å²) in [5.41, 5.74) is 1.32. The third-order valence-electron chi connectivity index (χ3n) is 3.63. The highest BCUT2D eigenvalue weighted by Crippen LogP contribution is 2.42. The van der Waals surface area contributed by atoms with Crippen LogP contribution in [0.25, 0.3) is 0 Å². The highest BCUT2D eigenvalue weighted by Gasteiger charge is 2.38. The van der Waals surface area contributed by atoms with Gasteiger partial charge < -0.3 is 10.6 Å². The Labute approximate surface area is 122 Å². The zero-order valence-corrected chi connectivity index (χ0v) is 11.6. The van der Waals surface area contributed by atoms with Crippen LogP contribution in [0.4, 0.5) is 17.3 Å². The maximum Gasteiger partial charge on any atom is 0.276 e. The molecule has 108 valence electrons. The first-order valence-electron chi connectivity index (χ1n) is 6.83. The Morgan fingerprint density at radius 1 is 1.24 bits per heavy atom. The van der Waals surface area contributed by atoms with Crippen LogP contribution in [0.1, 0.15) is 17.9 Å². The molecule has 2 N–H and O–H groups in total. The van der Waals surface area contributed by atoms with Gasteiger partial charge in [0.05, 0.1) is 17.1 Å². The SMILES string of the molecule is CNc1cc([N+](=O)[O-])cc(NC2CC2c2ccccc2)n1. The minimum Gasteiger partial charge on any atom is -0.373 e. The van der Waals surface area contributed by atoms with Crippen molar-refractivity contribution in [1.82, 2.24) is 4.98 Å². The van der Waals surface area contributed by atoms with E-state index >= 15 is 0 Å². The summed E-state index contributed by atoms with van der Waals surface area (Å²) in [6, 6.07) is 13.4. The Bertz CT molecular complexity index is 660. The summed E-state index contributed by atoms with van der Waals surface area (Å²) in [7, 11) is 1.69. The van der Waals surface area contributed by atoms with Crippen molar-refractivity contribution in [2.75, 3.05) is 17.7 Å². The minimum atomic E-state index is -0.407. The molecule has 2 unspecified atom stereocenters. The van der Waals surface area contributed by atoms with E-state index in [0.29, 0.717) is 17.6 Å². The Morgan fingerprint density at radius 2 is 1.95 bits per heavy atom. The zero-order valence-electron chi connectivity index (χ0n) is 11.6. The van der Waals surface area contributed by atoms with Gasteiger partial charge in [0.15, 0.2) is 0 Å². The predicted molar refractivity (Wildman–Crippen MR) is 81.6 cm³/mol. The lowest BCUT2D eigenvalue weighted by atomic mass is 10.1. The van der Waals surface area contributed by atoms with E-state index in [1.165, 1.54) is 17.7 Å². The highest BCUT2D eigenvalue weighted by atomic mass is 16.6. The molecule has 1 aromatic carbocycles. The summed E-state index contributed by atoms with van der Waals surface area (Å²) in [5, 5.41) is 17.1. The van der Waals surface area contributed by atoms with Crippen LogP contribution in [0, 0.1) is 10.1 Å². The minimum absolute atomic E-state index is 0.0359. The van der Waals surface area contributed by atoms with Gasteiger partial charge in [-0.3, -0.25) is 10.1 Å². The number of benzene rings is 1. The van der Waals surface area contributed by atoms with Gasteiger partial charge in [0.1, 0.15) is 11.6 Å². The van der Waals surface area contributed by atoms with Crippen molar-refractivity contribution in [3.8, 4) is 0 Å². The molecule has 1 aromatic heterocycles. The molecule has 1 fully saturated rings. The molecule has 0 radical (unpaired) electrons. The molecule has 0 spiro atoms. The molecule has 1 heterocycles. The Balaban J connectivity index is 1.74. The second-order valence-electron chi connectivity index (χ2n) is 5.11. The van der Waals surface area contributed by atoms with Gasteiger partial charge in [-0.1, -0.05) is 30.3 Å². The summed E-state index contributed by atoms with van der Waals surface area (Å²) >= 11 is 0. The van der Waals surface area contributed by atoms with E-state index in [-0.39, 0.29) is 11.7 Å². The quantitative estimate of drug-likeness (QED) is 0.651. The van der Waals surface area contributed by atoms with Crippen LogP contribution in [-0.2, 0) is 0 Å². The number of nitrogens with zero attached hydrogens (tertiary/aromatic N) is 2. The fraction of sp³-hybridized carbons (Fsp3) is 0.267. The van der Waals surface area contributed by atoms with Gasteiger partial charge in [0.2, 0.25) is 0 Å². The van der Waals surface area contributed by atoms with Crippen molar-refractivity contribution in [2.24, 2.45) is 0 Å². The molecule has 2 aromatic rings. The fourth-order valence-electron chi connectivity index (χ4n) is 2.44. The van der Waals surface area contributed by atoms with Crippen LogP contribution in [0.2, 0.25) is 0 Å². The summed E-state index contributed by atoms with van der Waals surface area (Å²) in [6.07, 6.45) is 1.02. The standard InChI is InChI=1S/C15H16N4O2/c1-16-14-7-11(19(20)21)8-15(18-14)17-13-9-12(13)10-5-3-2-4-6-10/h2-8,12-13H,9H2,1H3,(H2,16,17,18). The van der Waals surface area contributed by atoms with Gasteiger partial charge in [-0.2, -0.15) is 0 Å². The van der Waals surface area contributed by atoms with E-state index in [0.717, 1.165) is 6.42 Å². The van der Waals surface area contributed by atoms with Crippen LogP contribution in [0.3, 0.4) is 0 Å². The van der Waals surface area contributed by atoms with Crippen LogP contribution < -0.4 is 10.6 Å². The number of hydrogen-bond acceptors (Lipinski definition) is 5. The van der Waals surface area contributed by atoms with E-state index in [1.54, 1.807) is 7.05 Å². The molecule has 21 heavy (non-hydrogen) atoms. The van der Waals surface area contributed by atoms with Crippen LogP contribution in [0.15, 0.2) is 42.5 Å². The predicted octanol–water partition coefficient (Wildman–Crippen LogP) is 3.00. The number of rotatable bonds is 5. The summed E-state index contributed by atoms with van der Waals surface area (Å²) in [4.78, 5) is 14.8. The van der Waals surface area contributed by atoms with Crippen molar-refractivity contribution in [2.45, 2.75) is 18.4 Å². The number of hydrogen-bond donors (Lipinski definition) is 2. The zero-order chi connectivity index (χ0) is 14.8. The third-order valence-corrected chi connectivity index (χ3v) is 3.63. The molecular weight excluding hydrogens is 268 g/mol. The molecule has 0 saturated heterocycles. The first-order chi connectivity index (χ1) is 10.2. The summed E-state index contributed by atoms with van der Waals surface area (Å²) in [5.74, 6) is 1.48. The van der Waals surface area contributed by atoms with Gasteiger partial charge in [-0.05, 0) is 12.0 Å². The fourth-order valence-corrected chi connectivity index (χ4v) is 2.44. The number of anilines is 2. The molecule has 1 aliphatic rings. The molecule has 2 atom stereocenters. The van der Waals surface area contributed by atoms with Crippen LogP contribution in [-0.4, -0.2) is 23.0 Å². The molecule has 1 saturated carbocycles. The van der Waals surface area contributed by atoms with Gasteiger partial charge >= 0.3 is 0 Å². The Morgan fingerprint density at radius 3 is 2.62 bits per heavy atom. The largest absolute Gasteiger partial charge is 0.373 e. The topological polar surface area (TPSA) is 80.1 Å². The molecule has 6 nitrogen and oxygen atoms in total. The number of nitrogens with one attached hydrogen (secondary N) is 2. The molecule has 1 aliphatic carbocycles. The first kappa shape index (κ1) is 13.4. The number of nitro groups is 1. The lowest BCUT2D eigenvalue weighted by Crippen LogP contribution is -2.07. The van der Waals surface area contributed by atoms with Crippen molar-refractivity contribution in [3.63, 3.8) is 0 Å². The monoisotopic (exact) mass is 284 g/mol. The van der Waals surface area contributed by atoms with E-state index in [1.807, 2.05) is 18.2 Å². The normalized spacial score (nSPS) is 19.9. The van der Waals surface area contributed by atoms with Crippen LogP contribution in [0.5, 0.6) is 0 Å². The van der Waals surface area contributed by atoms with E-state index in [4.69, 9.17) is 0 Å². The highest BCUT2D eigenvalue weighted by molar-refractivity contribution is 5.55. The Hall–Kier alpha value is -2.63. The lowest BCUT2D eigenvalue weighted by Gasteiger charge is -2.07. The van der Waals surface area contributed by atoms with Gasteiger partial charge in [0, 0.05) is 19.0 Å². The van der Waals surface area contributed by atoms with E-state index in [9.17, 15) is 10.1 Å². The van der Waals surface area contributed by atoms with Crippen molar-refractivity contribution in [1.29, 1.82) is 0 Å². The smallest absolute Gasteiger partial charge is 0.276 e.